The van der Waals surface area contributed by atoms with Crippen molar-refractivity contribution in [2.24, 2.45) is 23.2 Å². The molecule has 2 heterocycles. The minimum absolute atomic E-state index is 0.0248. The zero-order valence-corrected chi connectivity index (χ0v) is 20.0. The van der Waals surface area contributed by atoms with Crippen LogP contribution in [0.25, 0.3) is 0 Å². The lowest BCUT2D eigenvalue weighted by atomic mass is 9.49. The summed E-state index contributed by atoms with van der Waals surface area (Å²) in [6.45, 7) is 9.03. The number of aromatic nitrogens is 2. The van der Waals surface area contributed by atoms with Crippen molar-refractivity contribution in [2.75, 3.05) is 26.2 Å². The fourth-order valence-electron chi connectivity index (χ4n) is 7.69. The van der Waals surface area contributed by atoms with Crippen LogP contribution < -0.4 is 0 Å². The lowest BCUT2D eigenvalue weighted by Crippen LogP contribution is -2.58. The third-order valence-electron chi connectivity index (χ3n) is 8.93. The van der Waals surface area contributed by atoms with Crippen LogP contribution in [0.4, 0.5) is 0 Å². The Labute approximate surface area is 191 Å². The van der Waals surface area contributed by atoms with Crippen molar-refractivity contribution in [3.8, 4) is 0 Å². The maximum Gasteiger partial charge on any atom is 0.274 e. The van der Waals surface area contributed by atoms with Crippen LogP contribution in [0.5, 0.6) is 0 Å². The standard InChI is InChI=1S/C26H38N4O2/c1-25(2,3)30-22(20-4-5-20)13-21(27-30)23(31)28-6-8-29(9-7-28)24(32)26-14-17-10-18(15-26)12-19(11-17)16-26/h13,17-20H,4-12,14-16H2,1-3H3. The second-order valence-electron chi connectivity index (χ2n) is 12.6. The fraction of sp³-hybridized carbons (Fsp3) is 0.808. The normalized spacial score (nSPS) is 34.3. The first-order valence-electron chi connectivity index (χ1n) is 12.9. The Morgan fingerprint density at radius 1 is 0.906 bits per heavy atom. The average Bonchev–Trinajstić information content (AvgIpc) is 3.48. The van der Waals surface area contributed by atoms with Crippen LogP contribution in [0, 0.1) is 23.2 Å². The smallest absolute Gasteiger partial charge is 0.274 e. The number of rotatable bonds is 3. The quantitative estimate of drug-likeness (QED) is 0.716. The van der Waals surface area contributed by atoms with Crippen LogP contribution in [0.3, 0.4) is 0 Å². The SMILES string of the molecule is CC(C)(C)n1nc(C(=O)N2CCN(C(=O)C34CC5CC(CC(C5)C3)C4)CC2)cc1C1CC1. The number of amides is 2. The van der Waals surface area contributed by atoms with E-state index in [-0.39, 0.29) is 16.9 Å². The minimum atomic E-state index is -0.126. The summed E-state index contributed by atoms with van der Waals surface area (Å²) in [5, 5.41) is 4.74. The molecule has 4 bridgehead atoms. The Morgan fingerprint density at radius 2 is 1.44 bits per heavy atom. The summed E-state index contributed by atoms with van der Waals surface area (Å²) in [5.74, 6) is 3.33. The van der Waals surface area contributed by atoms with Gasteiger partial charge in [0.05, 0.1) is 11.0 Å². The van der Waals surface area contributed by atoms with Gasteiger partial charge in [-0.15, -0.1) is 0 Å². The highest BCUT2D eigenvalue weighted by molar-refractivity contribution is 5.93. The van der Waals surface area contributed by atoms with Crippen molar-refractivity contribution in [1.29, 1.82) is 0 Å². The van der Waals surface area contributed by atoms with Gasteiger partial charge in [0.1, 0.15) is 0 Å². The predicted molar refractivity (Wildman–Crippen MR) is 122 cm³/mol. The molecule has 5 aliphatic carbocycles. The van der Waals surface area contributed by atoms with E-state index in [9.17, 15) is 9.59 Å². The number of nitrogens with zero attached hydrogens (tertiary/aromatic N) is 4. The highest BCUT2D eigenvalue weighted by atomic mass is 16.2. The molecule has 1 aromatic heterocycles. The van der Waals surface area contributed by atoms with E-state index >= 15 is 0 Å². The van der Waals surface area contributed by atoms with Gasteiger partial charge in [0.2, 0.25) is 5.91 Å². The van der Waals surface area contributed by atoms with E-state index in [0.717, 1.165) is 37.0 Å². The van der Waals surface area contributed by atoms with E-state index in [1.807, 2.05) is 11.0 Å². The lowest BCUT2D eigenvalue weighted by molar-refractivity contribution is -0.159. The monoisotopic (exact) mass is 438 g/mol. The molecule has 1 aromatic rings. The number of piperazine rings is 1. The minimum Gasteiger partial charge on any atom is -0.339 e. The Kier molecular flexibility index (Phi) is 4.58. The molecule has 0 atom stereocenters. The van der Waals surface area contributed by atoms with Crippen LogP contribution in [0.2, 0.25) is 0 Å². The third-order valence-corrected chi connectivity index (χ3v) is 8.93. The largest absolute Gasteiger partial charge is 0.339 e. The zero-order chi connectivity index (χ0) is 22.3. The molecule has 6 fully saturated rings. The van der Waals surface area contributed by atoms with Crippen molar-refractivity contribution in [3.63, 3.8) is 0 Å². The molecule has 174 valence electrons. The molecule has 0 spiro atoms. The third kappa shape index (κ3) is 3.40. The van der Waals surface area contributed by atoms with Crippen molar-refractivity contribution < 1.29 is 9.59 Å². The van der Waals surface area contributed by atoms with Crippen LogP contribution in [-0.4, -0.2) is 57.6 Å². The van der Waals surface area contributed by atoms with Crippen molar-refractivity contribution >= 4 is 11.8 Å². The fourth-order valence-corrected chi connectivity index (χ4v) is 7.69. The van der Waals surface area contributed by atoms with Gasteiger partial charge in [-0.2, -0.15) is 5.10 Å². The van der Waals surface area contributed by atoms with Crippen LogP contribution in [-0.2, 0) is 10.3 Å². The molecule has 2 amide bonds. The molecule has 6 nitrogen and oxygen atoms in total. The molecular formula is C26H38N4O2. The van der Waals surface area contributed by atoms with Gasteiger partial charge in [0.25, 0.3) is 5.91 Å². The Hall–Kier alpha value is -1.85. The molecule has 0 N–H and O–H groups in total. The van der Waals surface area contributed by atoms with E-state index < -0.39 is 0 Å². The van der Waals surface area contributed by atoms with E-state index in [1.165, 1.54) is 37.8 Å². The number of carbonyl (C=O) groups is 2. The Morgan fingerprint density at radius 3 is 1.94 bits per heavy atom. The van der Waals surface area contributed by atoms with Crippen LogP contribution >= 0.6 is 0 Å². The van der Waals surface area contributed by atoms with Gasteiger partial charge in [-0.1, -0.05) is 0 Å². The van der Waals surface area contributed by atoms with E-state index in [4.69, 9.17) is 5.10 Å². The first-order chi connectivity index (χ1) is 15.2. The molecule has 5 saturated carbocycles. The lowest BCUT2D eigenvalue weighted by Gasteiger charge is -2.57. The van der Waals surface area contributed by atoms with Crippen molar-refractivity contribution in [2.45, 2.75) is 83.6 Å². The second kappa shape index (κ2) is 7.07. The number of hydrogen-bond donors (Lipinski definition) is 0. The van der Waals surface area contributed by atoms with Gasteiger partial charge >= 0.3 is 0 Å². The van der Waals surface area contributed by atoms with Gasteiger partial charge < -0.3 is 9.80 Å². The maximum atomic E-state index is 13.6. The first kappa shape index (κ1) is 20.7. The first-order valence-corrected chi connectivity index (χ1v) is 12.9. The topological polar surface area (TPSA) is 58.4 Å². The average molecular weight is 439 g/mol. The van der Waals surface area contributed by atoms with Gasteiger partial charge in [-0.25, -0.2) is 0 Å². The molecule has 1 aliphatic heterocycles. The molecule has 7 rings (SSSR count). The molecule has 6 aliphatic rings. The molecule has 32 heavy (non-hydrogen) atoms. The van der Waals surface area contributed by atoms with Gasteiger partial charge in [0.15, 0.2) is 5.69 Å². The number of hydrogen-bond acceptors (Lipinski definition) is 3. The maximum absolute atomic E-state index is 13.6. The Bertz CT molecular complexity index is 895. The second-order valence-corrected chi connectivity index (χ2v) is 12.6. The molecule has 6 heteroatoms. The molecule has 0 unspecified atom stereocenters. The summed E-state index contributed by atoms with van der Waals surface area (Å²) in [4.78, 5) is 30.9. The number of carbonyl (C=O) groups excluding carboxylic acids is 2. The molecular weight excluding hydrogens is 400 g/mol. The van der Waals surface area contributed by atoms with Gasteiger partial charge in [0, 0.05) is 37.8 Å². The summed E-state index contributed by atoms with van der Waals surface area (Å²) >= 11 is 0. The van der Waals surface area contributed by atoms with E-state index in [1.54, 1.807) is 0 Å². The zero-order valence-electron chi connectivity index (χ0n) is 20.0. The summed E-state index contributed by atoms with van der Waals surface area (Å²) in [5.41, 5.74) is 1.57. The summed E-state index contributed by atoms with van der Waals surface area (Å²) in [7, 11) is 0. The summed E-state index contributed by atoms with van der Waals surface area (Å²) in [6.07, 6.45) is 9.82. The highest BCUT2D eigenvalue weighted by Gasteiger charge is 2.55. The molecule has 0 aromatic carbocycles. The molecule has 1 saturated heterocycles. The van der Waals surface area contributed by atoms with Crippen molar-refractivity contribution in [3.05, 3.63) is 17.5 Å². The van der Waals surface area contributed by atoms with E-state index in [2.05, 4.69) is 30.4 Å². The van der Waals surface area contributed by atoms with Gasteiger partial charge in [-0.05, 0) is 96.0 Å². The summed E-state index contributed by atoms with van der Waals surface area (Å²) in [6, 6.07) is 2.03. The molecule has 0 radical (unpaired) electrons. The van der Waals surface area contributed by atoms with Crippen LogP contribution in [0.1, 0.15) is 94.2 Å². The van der Waals surface area contributed by atoms with Crippen molar-refractivity contribution in [1.82, 2.24) is 19.6 Å². The highest BCUT2D eigenvalue weighted by Crippen LogP contribution is 2.60. The predicted octanol–water partition coefficient (Wildman–Crippen LogP) is 4.02. The summed E-state index contributed by atoms with van der Waals surface area (Å²) < 4.78 is 2.06. The van der Waals surface area contributed by atoms with Gasteiger partial charge in [-0.3, -0.25) is 14.3 Å². The van der Waals surface area contributed by atoms with E-state index in [0.29, 0.717) is 43.7 Å². The Balaban J connectivity index is 1.13. The van der Waals surface area contributed by atoms with Crippen LogP contribution in [0.15, 0.2) is 6.07 Å².